The zero-order valence-corrected chi connectivity index (χ0v) is 17.2. The highest BCUT2D eigenvalue weighted by atomic mass is 32.1. The second-order valence-electron chi connectivity index (χ2n) is 6.88. The number of ether oxygens (including phenoxy) is 2. The maximum absolute atomic E-state index is 13.2. The number of benzene rings is 2. The van der Waals surface area contributed by atoms with Gasteiger partial charge in [-0.2, -0.15) is 13.2 Å². The Bertz CT molecular complexity index is 1060. The van der Waals surface area contributed by atoms with Crippen LogP contribution in [-0.4, -0.2) is 42.1 Å². The first-order valence-corrected chi connectivity index (χ1v) is 10.5. The predicted octanol–water partition coefficient (Wildman–Crippen LogP) is 4.88. The summed E-state index contributed by atoms with van der Waals surface area (Å²) in [7, 11) is 0. The van der Waals surface area contributed by atoms with Crippen molar-refractivity contribution in [2.45, 2.75) is 12.8 Å². The van der Waals surface area contributed by atoms with Crippen molar-refractivity contribution < 1.29 is 27.4 Å². The third-order valence-corrected chi connectivity index (χ3v) is 5.72. The van der Waals surface area contributed by atoms with E-state index in [1.165, 1.54) is 23.5 Å². The molecule has 0 unspecified atom stereocenters. The van der Waals surface area contributed by atoms with Gasteiger partial charge in [0, 0.05) is 24.0 Å². The fraction of sp³-hybridized carbons (Fsp3) is 0.273. The molecule has 5 nitrogen and oxygen atoms in total. The minimum Gasteiger partial charge on any atom is -0.488 e. The van der Waals surface area contributed by atoms with Gasteiger partial charge < -0.3 is 14.4 Å². The van der Waals surface area contributed by atoms with Crippen LogP contribution in [-0.2, 0) is 17.5 Å². The molecular formula is C22H19F3N2O3S. The average Bonchev–Trinajstić information content (AvgIpc) is 3.27. The molecule has 0 atom stereocenters. The number of morpholine rings is 1. The summed E-state index contributed by atoms with van der Waals surface area (Å²) in [4.78, 5) is 18.8. The van der Waals surface area contributed by atoms with Crippen LogP contribution in [0, 0.1) is 0 Å². The van der Waals surface area contributed by atoms with Crippen molar-refractivity contribution in [2.24, 2.45) is 0 Å². The third-order valence-electron chi connectivity index (χ3n) is 4.85. The lowest BCUT2D eigenvalue weighted by molar-refractivity contribution is -0.138. The first-order chi connectivity index (χ1) is 14.9. The molecule has 1 aliphatic heterocycles. The van der Waals surface area contributed by atoms with Gasteiger partial charge in [-0.15, -0.1) is 11.3 Å². The Labute approximate surface area is 181 Å². The van der Waals surface area contributed by atoms with E-state index in [4.69, 9.17) is 9.47 Å². The van der Waals surface area contributed by atoms with Crippen LogP contribution >= 0.6 is 11.3 Å². The number of aromatic nitrogens is 1. The van der Waals surface area contributed by atoms with Gasteiger partial charge in [-0.1, -0.05) is 30.3 Å². The topological polar surface area (TPSA) is 51.7 Å². The monoisotopic (exact) mass is 448 g/mol. The van der Waals surface area contributed by atoms with Gasteiger partial charge in [0.25, 0.3) is 5.91 Å². The van der Waals surface area contributed by atoms with Crippen molar-refractivity contribution in [2.75, 3.05) is 26.3 Å². The molecule has 1 aromatic heterocycles. The van der Waals surface area contributed by atoms with Gasteiger partial charge in [0.15, 0.2) is 0 Å². The van der Waals surface area contributed by atoms with Crippen molar-refractivity contribution in [1.82, 2.24) is 9.88 Å². The molecule has 9 heteroatoms. The molecule has 1 aliphatic rings. The van der Waals surface area contributed by atoms with Crippen LogP contribution in [0.3, 0.4) is 0 Å². The molecule has 0 bridgehead atoms. The molecule has 0 aliphatic carbocycles. The van der Waals surface area contributed by atoms with Crippen molar-refractivity contribution in [3.05, 3.63) is 70.7 Å². The van der Waals surface area contributed by atoms with Crippen LogP contribution < -0.4 is 4.74 Å². The molecule has 4 rings (SSSR count). The van der Waals surface area contributed by atoms with E-state index >= 15 is 0 Å². The number of carbonyl (C=O) groups excluding carboxylic acids is 1. The highest BCUT2D eigenvalue weighted by molar-refractivity contribution is 7.13. The van der Waals surface area contributed by atoms with E-state index in [1.807, 2.05) is 0 Å². The Balaban J connectivity index is 1.54. The fourth-order valence-corrected chi connectivity index (χ4v) is 4.09. The Kier molecular flexibility index (Phi) is 6.24. The molecule has 0 radical (unpaired) electrons. The Hall–Kier alpha value is -2.91. The fourth-order valence-electron chi connectivity index (χ4n) is 3.27. The lowest BCUT2D eigenvalue weighted by Gasteiger charge is -2.25. The zero-order chi connectivity index (χ0) is 21.8. The summed E-state index contributed by atoms with van der Waals surface area (Å²) in [6.45, 7) is 1.79. The lowest BCUT2D eigenvalue weighted by Crippen LogP contribution is -2.40. The van der Waals surface area contributed by atoms with Gasteiger partial charge in [0.2, 0.25) is 0 Å². The number of para-hydroxylation sites is 1. The van der Waals surface area contributed by atoms with Crippen molar-refractivity contribution in [3.8, 4) is 16.3 Å². The zero-order valence-electron chi connectivity index (χ0n) is 16.4. The molecule has 2 aromatic carbocycles. The number of alkyl halides is 3. The molecule has 1 fully saturated rings. The molecule has 0 spiro atoms. The smallest absolute Gasteiger partial charge is 0.416 e. The highest BCUT2D eigenvalue weighted by Crippen LogP contribution is 2.35. The van der Waals surface area contributed by atoms with E-state index in [1.54, 1.807) is 40.6 Å². The molecule has 1 amide bonds. The van der Waals surface area contributed by atoms with Crippen LogP contribution in [0.25, 0.3) is 10.6 Å². The van der Waals surface area contributed by atoms with Crippen LogP contribution in [0.1, 0.15) is 21.6 Å². The number of amides is 1. The molecule has 162 valence electrons. The molecule has 0 N–H and O–H groups in total. The largest absolute Gasteiger partial charge is 0.488 e. The van der Waals surface area contributed by atoms with E-state index in [9.17, 15) is 18.0 Å². The number of thiazole rings is 1. The number of halogens is 3. The van der Waals surface area contributed by atoms with Gasteiger partial charge in [-0.3, -0.25) is 4.79 Å². The van der Waals surface area contributed by atoms with Crippen LogP contribution in [0.15, 0.2) is 53.9 Å². The summed E-state index contributed by atoms with van der Waals surface area (Å²) < 4.78 is 50.8. The molecule has 2 heterocycles. The number of hydrogen-bond acceptors (Lipinski definition) is 5. The van der Waals surface area contributed by atoms with Gasteiger partial charge in [0.05, 0.1) is 24.3 Å². The Morgan fingerprint density at radius 2 is 1.81 bits per heavy atom. The van der Waals surface area contributed by atoms with Gasteiger partial charge >= 0.3 is 6.18 Å². The molecule has 3 aromatic rings. The van der Waals surface area contributed by atoms with Gasteiger partial charge in [0.1, 0.15) is 23.1 Å². The first kappa shape index (κ1) is 21.3. The predicted molar refractivity (Wildman–Crippen MR) is 110 cm³/mol. The third kappa shape index (κ3) is 4.88. The number of carbonyl (C=O) groups is 1. The second kappa shape index (κ2) is 9.07. The molecule has 1 saturated heterocycles. The molecule has 0 saturated carbocycles. The van der Waals surface area contributed by atoms with Gasteiger partial charge in [-0.05, 0) is 18.2 Å². The summed E-state index contributed by atoms with van der Waals surface area (Å²) in [5.41, 5.74) is 0.282. The first-order valence-electron chi connectivity index (χ1n) is 9.63. The van der Waals surface area contributed by atoms with Gasteiger partial charge in [-0.25, -0.2) is 4.98 Å². The average molecular weight is 448 g/mol. The standard InChI is InChI=1S/C22H19F3N2O3S/c23-22(24,25)17-7-3-1-5-15(17)13-30-19-8-4-2-6-16(19)20-26-18(14-31-20)21(28)27-9-11-29-12-10-27/h1-8,14H,9-13H2. The number of hydrogen-bond donors (Lipinski definition) is 0. The van der Waals surface area contributed by atoms with Crippen LogP contribution in [0.2, 0.25) is 0 Å². The van der Waals surface area contributed by atoms with E-state index in [-0.39, 0.29) is 18.1 Å². The van der Waals surface area contributed by atoms with E-state index in [0.29, 0.717) is 48.3 Å². The Morgan fingerprint density at radius 3 is 2.58 bits per heavy atom. The Morgan fingerprint density at radius 1 is 1.10 bits per heavy atom. The molecule has 31 heavy (non-hydrogen) atoms. The van der Waals surface area contributed by atoms with Crippen LogP contribution in [0.4, 0.5) is 13.2 Å². The van der Waals surface area contributed by atoms with E-state index < -0.39 is 11.7 Å². The lowest BCUT2D eigenvalue weighted by atomic mass is 10.1. The second-order valence-corrected chi connectivity index (χ2v) is 7.74. The van der Waals surface area contributed by atoms with E-state index in [2.05, 4.69) is 4.98 Å². The number of nitrogens with zero attached hydrogens (tertiary/aromatic N) is 2. The summed E-state index contributed by atoms with van der Waals surface area (Å²) in [5.74, 6) is 0.238. The summed E-state index contributed by atoms with van der Waals surface area (Å²) in [5, 5.41) is 2.25. The normalized spacial score (nSPS) is 14.5. The van der Waals surface area contributed by atoms with Crippen molar-refractivity contribution in [1.29, 1.82) is 0 Å². The SMILES string of the molecule is O=C(c1csc(-c2ccccc2OCc2ccccc2C(F)(F)F)n1)N1CCOCC1. The van der Waals surface area contributed by atoms with Crippen molar-refractivity contribution >= 4 is 17.2 Å². The summed E-state index contributed by atoms with van der Waals surface area (Å²) in [6.07, 6.45) is -4.45. The van der Waals surface area contributed by atoms with E-state index in [0.717, 1.165) is 6.07 Å². The summed E-state index contributed by atoms with van der Waals surface area (Å²) >= 11 is 1.29. The highest BCUT2D eigenvalue weighted by Gasteiger charge is 2.33. The minimum atomic E-state index is -4.45. The summed E-state index contributed by atoms with van der Waals surface area (Å²) in [6, 6.07) is 12.3. The maximum Gasteiger partial charge on any atom is 0.416 e. The quantitative estimate of drug-likeness (QED) is 0.558. The van der Waals surface area contributed by atoms with Crippen LogP contribution in [0.5, 0.6) is 5.75 Å². The van der Waals surface area contributed by atoms with Crippen molar-refractivity contribution in [3.63, 3.8) is 0 Å². The minimum absolute atomic E-state index is 0.0483. The maximum atomic E-state index is 13.2. The molecular weight excluding hydrogens is 429 g/mol. The number of rotatable bonds is 5.